The second-order valence-corrected chi connectivity index (χ2v) is 9.47. The molecule has 0 radical (unpaired) electrons. The number of benzene rings is 3. The van der Waals surface area contributed by atoms with Gasteiger partial charge < -0.3 is 5.32 Å². The Morgan fingerprint density at radius 3 is 2.27 bits per heavy atom. The SMILES string of the molecule is Cc1ccc(S(=O)(=O)N(CC(=O)Nc2cccc(C)c2)c2ccc(Cl)cc2C)cc1. The van der Waals surface area contributed by atoms with E-state index in [4.69, 9.17) is 11.6 Å². The van der Waals surface area contributed by atoms with Crippen molar-refractivity contribution in [3.63, 3.8) is 0 Å². The Morgan fingerprint density at radius 1 is 0.933 bits per heavy atom. The molecule has 0 fully saturated rings. The van der Waals surface area contributed by atoms with Gasteiger partial charge in [-0.25, -0.2) is 8.42 Å². The number of carbonyl (C=O) groups is 1. The van der Waals surface area contributed by atoms with Gasteiger partial charge >= 0.3 is 0 Å². The zero-order valence-corrected chi connectivity index (χ0v) is 18.6. The van der Waals surface area contributed by atoms with Gasteiger partial charge in [-0.2, -0.15) is 0 Å². The lowest BCUT2D eigenvalue weighted by Crippen LogP contribution is -2.38. The van der Waals surface area contributed by atoms with Crippen LogP contribution in [0.15, 0.2) is 71.6 Å². The number of sulfonamides is 1. The lowest BCUT2D eigenvalue weighted by atomic mass is 10.2. The molecule has 0 aliphatic carbocycles. The molecule has 0 saturated carbocycles. The molecule has 0 aliphatic rings. The summed E-state index contributed by atoms with van der Waals surface area (Å²) >= 11 is 6.05. The van der Waals surface area contributed by atoms with Gasteiger partial charge in [0.1, 0.15) is 6.54 Å². The van der Waals surface area contributed by atoms with Crippen LogP contribution in [0, 0.1) is 20.8 Å². The van der Waals surface area contributed by atoms with Crippen LogP contribution in [0.1, 0.15) is 16.7 Å². The Balaban J connectivity index is 1.99. The third kappa shape index (κ3) is 5.01. The lowest BCUT2D eigenvalue weighted by Gasteiger charge is -2.26. The fourth-order valence-electron chi connectivity index (χ4n) is 3.09. The van der Waals surface area contributed by atoms with Crippen LogP contribution in [0.4, 0.5) is 11.4 Å². The molecular weight excluding hydrogens is 420 g/mol. The fourth-order valence-corrected chi connectivity index (χ4v) is 4.80. The Kier molecular flexibility index (Phi) is 6.48. The van der Waals surface area contributed by atoms with Crippen molar-refractivity contribution in [2.75, 3.05) is 16.2 Å². The topological polar surface area (TPSA) is 66.5 Å². The largest absolute Gasteiger partial charge is 0.325 e. The van der Waals surface area contributed by atoms with E-state index < -0.39 is 15.9 Å². The number of anilines is 2. The number of hydrogen-bond acceptors (Lipinski definition) is 3. The smallest absolute Gasteiger partial charge is 0.264 e. The first-order valence-electron chi connectivity index (χ1n) is 9.39. The first-order valence-corrected chi connectivity index (χ1v) is 11.2. The zero-order chi connectivity index (χ0) is 21.9. The normalized spacial score (nSPS) is 11.2. The van der Waals surface area contributed by atoms with Crippen LogP contribution in [0.3, 0.4) is 0 Å². The monoisotopic (exact) mass is 442 g/mol. The summed E-state index contributed by atoms with van der Waals surface area (Å²) in [7, 11) is -3.97. The van der Waals surface area contributed by atoms with Crippen molar-refractivity contribution in [2.24, 2.45) is 0 Å². The molecule has 1 amide bonds. The number of aryl methyl sites for hydroxylation is 3. The summed E-state index contributed by atoms with van der Waals surface area (Å²) in [5.74, 6) is -0.439. The van der Waals surface area contributed by atoms with Crippen LogP contribution in [0.25, 0.3) is 0 Å². The van der Waals surface area contributed by atoms with Crippen LogP contribution in [-0.2, 0) is 14.8 Å². The minimum atomic E-state index is -3.97. The standard InChI is InChI=1S/C23H23ClN2O3S/c1-16-7-10-21(11-8-16)30(28,29)26(22-12-9-19(24)14-18(22)3)15-23(27)25-20-6-4-5-17(2)13-20/h4-14H,15H2,1-3H3,(H,25,27). The molecule has 30 heavy (non-hydrogen) atoms. The number of halogens is 1. The number of rotatable bonds is 6. The van der Waals surface area contributed by atoms with Crippen molar-refractivity contribution in [3.8, 4) is 0 Å². The summed E-state index contributed by atoms with van der Waals surface area (Å²) in [6.45, 7) is 5.19. The Labute approximate surface area is 182 Å². The summed E-state index contributed by atoms with van der Waals surface area (Å²) in [6.07, 6.45) is 0. The van der Waals surface area contributed by atoms with E-state index in [9.17, 15) is 13.2 Å². The van der Waals surface area contributed by atoms with E-state index in [-0.39, 0.29) is 11.4 Å². The quantitative estimate of drug-likeness (QED) is 0.577. The number of nitrogens with one attached hydrogen (secondary N) is 1. The highest BCUT2D eigenvalue weighted by atomic mass is 35.5. The molecule has 0 aliphatic heterocycles. The van der Waals surface area contributed by atoms with Gasteiger partial charge in [0.2, 0.25) is 5.91 Å². The van der Waals surface area contributed by atoms with E-state index in [0.29, 0.717) is 22.0 Å². The highest BCUT2D eigenvalue weighted by Crippen LogP contribution is 2.29. The third-order valence-corrected chi connectivity index (χ3v) is 6.63. The predicted octanol–water partition coefficient (Wildman–Crippen LogP) is 5.10. The minimum absolute atomic E-state index is 0.116. The summed E-state index contributed by atoms with van der Waals surface area (Å²) in [5, 5.41) is 3.27. The van der Waals surface area contributed by atoms with Gasteiger partial charge in [-0.1, -0.05) is 41.4 Å². The summed E-state index contributed by atoms with van der Waals surface area (Å²) in [5.41, 5.74) is 3.60. The van der Waals surface area contributed by atoms with Gasteiger partial charge in [0.15, 0.2) is 0 Å². The van der Waals surface area contributed by atoms with E-state index in [1.807, 2.05) is 32.0 Å². The van der Waals surface area contributed by atoms with Crippen molar-refractivity contribution in [3.05, 3.63) is 88.4 Å². The lowest BCUT2D eigenvalue weighted by molar-refractivity contribution is -0.114. The number of carbonyl (C=O) groups excluding carboxylic acids is 1. The molecular formula is C23H23ClN2O3S. The zero-order valence-electron chi connectivity index (χ0n) is 17.0. The molecule has 0 atom stereocenters. The van der Waals surface area contributed by atoms with Crippen molar-refractivity contribution >= 4 is 38.9 Å². The maximum absolute atomic E-state index is 13.4. The molecule has 3 rings (SSSR count). The average molecular weight is 443 g/mol. The molecule has 0 aromatic heterocycles. The molecule has 7 heteroatoms. The van der Waals surface area contributed by atoms with Crippen molar-refractivity contribution < 1.29 is 13.2 Å². The van der Waals surface area contributed by atoms with Gasteiger partial charge in [-0.3, -0.25) is 9.10 Å². The van der Waals surface area contributed by atoms with Crippen LogP contribution in [0.5, 0.6) is 0 Å². The van der Waals surface area contributed by atoms with E-state index in [0.717, 1.165) is 15.4 Å². The second kappa shape index (κ2) is 8.90. The fraction of sp³-hybridized carbons (Fsp3) is 0.174. The van der Waals surface area contributed by atoms with E-state index in [1.54, 1.807) is 55.5 Å². The van der Waals surface area contributed by atoms with Crippen molar-refractivity contribution in [1.29, 1.82) is 0 Å². The molecule has 0 saturated heterocycles. The minimum Gasteiger partial charge on any atom is -0.325 e. The van der Waals surface area contributed by atoms with E-state index in [2.05, 4.69) is 5.32 Å². The third-order valence-electron chi connectivity index (χ3n) is 4.63. The molecule has 0 bridgehead atoms. The number of hydrogen-bond donors (Lipinski definition) is 1. The Hall–Kier alpha value is -2.83. The molecule has 5 nitrogen and oxygen atoms in total. The van der Waals surface area contributed by atoms with Gasteiger partial charge in [-0.15, -0.1) is 0 Å². The maximum atomic E-state index is 13.4. The number of nitrogens with zero attached hydrogens (tertiary/aromatic N) is 1. The van der Waals surface area contributed by atoms with E-state index in [1.165, 1.54) is 0 Å². The van der Waals surface area contributed by atoms with Gasteiger partial charge in [0.25, 0.3) is 10.0 Å². The Bertz CT molecular complexity index is 1180. The molecule has 3 aromatic carbocycles. The molecule has 0 heterocycles. The van der Waals surface area contributed by atoms with Crippen LogP contribution < -0.4 is 9.62 Å². The molecule has 156 valence electrons. The highest BCUT2D eigenvalue weighted by Gasteiger charge is 2.28. The van der Waals surface area contributed by atoms with Crippen LogP contribution >= 0.6 is 11.6 Å². The van der Waals surface area contributed by atoms with Gasteiger partial charge in [0.05, 0.1) is 10.6 Å². The first kappa shape index (κ1) is 21.9. The molecule has 0 spiro atoms. The molecule has 3 aromatic rings. The molecule has 1 N–H and O–H groups in total. The summed E-state index contributed by atoms with van der Waals surface area (Å²) < 4.78 is 28.0. The van der Waals surface area contributed by atoms with Crippen molar-refractivity contribution in [2.45, 2.75) is 25.7 Å². The summed E-state index contributed by atoms with van der Waals surface area (Å²) in [4.78, 5) is 12.9. The second-order valence-electron chi connectivity index (χ2n) is 7.17. The first-order chi connectivity index (χ1) is 14.2. The van der Waals surface area contributed by atoms with E-state index >= 15 is 0 Å². The van der Waals surface area contributed by atoms with Gasteiger partial charge in [0, 0.05) is 10.7 Å². The maximum Gasteiger partial charge on any atom is 0.264 e. The highest BCUT2D eigenvalue weighted by molar-refractivity contribution is 7.92. The number of amides is 1. The predicted molar refractivity (Wildman–Crippen MR) is 122 cm³/mol. The van der Waals surface area contributed by atoms with Crippen LogP contribution in [-0.4, -0.2) is 20.9 Å². The Morgan fingerprint density at radius 2 is 1.63 bits per heavy atom. The van der Waals surface area contributed by atoms with Crippen molar-refractivity contribution in [1.82, 2.24) is 0 Å². The average Bonchev–Trinajstić information content (AvgIpc) is 2.67. The van der Waals surface area contributed by atoms with Crippen LogP contribution in [0.2, 0.25) is 5.02 Å². The van der Waals surface area contributed by atoms with Gasteiger partial charge in [-0.05, 0) is 74.4 Å². The summed E-state index contributed by atoms with van der Waals surface area (Å²) in [6, 6.07) is 18.8. The molecule has 0 unspecified atom stereocenters.